The van der Waals surface area contributed by atoms with Crippen LogP contribution in [0.15, 0.2) is 18.2 Å². The van der Waals surface area contributed by atoms with Crippen molar-refractivity contribution in [2.24, 2.45) is 0 Å². The van der Waals surface area contributed by atoms with Crippen LogP contribution in [0.5, 0.6) is 11.8 Å². The highest BCUT2D eigenvalue weighted by Gasteiger charge is 2.10. The first-order valence-corrected chi connectivity index (χ1v) is 6.29. The Hall–Kier alpha value is -0.890. The summed E-state index contributed by atoms with van der Waals surface area (Å²) in [6.07, 6.45) is 0. The summed E-state index contributed by atoms with van der Waals surface area (Å²) in [7, 11) is 0. The van der Waals surface area contributed by atoms with Crippen molar-refractivity contribution in [1.29, 1.82) is 0 Å². The number of hydrogen-bond donors (Lipinski definition) is 0. The van der Waals surface area contributed by atoms with E-state index in [4.69, 9.17) is 16.3 Å². The van der Waals surface area contributed by atoms with Crippen LogP contribution < -0.4 is 4.74 Å². The highest BCUT2D eigenvalue weighted by atomic mass is 127. The monoisotopic (exact) mass is 367 g/mol. The van der Waals surface area contributed by atoms with Gasteiger partial charge in [-0.2, -0.15) is 4.98 Å². The Morgan fingerprint density at radius 3 is 2.94 bits per heavy atom. The lowest BCUT2D eigenvalue weighted by molar-refractivity contribution is 0.401. The number of nitrogens with zero attached hydrogens (tertiary/aromatic N) is 3. The second-order valence-electron chi connectivity index (χ2n) is 3.16. The van der Waals surface area contributed by atoms with Gasteiger partial charge in [0.15, 0.2) is 0 Å². The van der Waals surface area contributed by atoms with E-state index in [1.165, 1.54) is 18.2 Å². The number of aromatic nitrogens is 3. The van der Waals surface area contributed by atoms with Crippen molar-refractivity contribution < 1.29 is 9.13 Å². The van der Waals surface area contributed by atoms with Gasteiger partial charge in [-0.05, 0) is 19.1 Å². The minimum absolute atomic E-state index is 0.0137. The fourth-order valence-corrected chi connectivity index (χ4v) is 1.87. The second kappa shape index (κ2) is 5.18. The van der Waals surface area contributed by atoms with Crippen molar-refractivity contribution in [3.8, 4) is 11.8 Å². The molecule has 2 aromatic rings. The third-order valence-corrected chi connectivity index (χ3v) is 2.76. The van der Waals surface area contributed by atoms with Gasteiger partial charge in [-0.3, -0.25) is 0 Å². The van der Waals surface area contributed by atoms with E-state index in [-0.39, 0.29) is 5.02 Å². The summed E-state index contributed by atoms with van der Waals surface area (Å²) in [5.74, 6) is -0.0551. The van der Waals surface area contributed by atoms with Crippen LogP contribution in [0.4, 0.5) is 4.39 Å². The summed E-state index contributed by atoms with van der Waals surface area (Å²) in [5.41, 5.74) is 0. The third-order valence-electron chi connectivity index (χ3n) is 2.01. The summed E-state index contributed by atoms with van der Waals surface area (Å²) < 4.78 is 20.7. The maximum Gasteiger partial charge on any atom is 0.321 e. The van der Waals surface area contributed by atoms with Gasteiger partial charge >= 0.3 is 6.01 Å². The number of halogens is 3. The van der Waals surface area contributed by atoms with E-state index in [1.807, 2.05) is 29.5 Å². The zero-order valence-electron chi connectivity index (χ0n) is 8.82. The van der Waals surface area contributed by atoms with Gasteiger partial charge in [-0.15, -0.1) is 5.10 Å². The molecule has 0 saturated heterocycles. The minimum atomic E-state index is -0.481. The SMILES string of the molecule is CCn1nc(I)nc1Oc1ccc(F)c(Cl)c1. The van der Waals surface area contributed by atoms with E-state index in [2.05, 4.69) is 10.1 Å². The van der Waals surface area contributed by atoms with Crippen molar-refractivity contribution in [2.75, 3.05) is 0 Å². The number of ether oxygens (including phenoxy) is 1. The van der Waals surface area contributed by atoms with E-state index < -0.39 is 5.82 Å². The van der Waals surface area contributed by atoms with E-state index in [1.54, 1.807) is 4.68 Å². The molecule has 1 heterocycles. The maximum atomic E-state index is 13.0. The Bertz CT molecular complexity index is 546. The summed E-state index contributed by atoms with van der Waals surface area (Å²) >= 11 is 7.65. The number of hydrogen-bond acceptors (Lipinski definition) is 3. The van der Waals surface area contributed by atoms with Gasteiger partial charge in [0.1, 0.15) is 11.6 Å². The largest absolute Gasteiger partial charge is 0.424 e. The summed E-state index contributed by atoms with van der Waals surface area (Å²) in [5, 5.41) is 4.14. The summed E-state index contributed by atoms with van der Waals surface area (Å²) in [6, 6.07) is 4.50. The fourth-order valence-electron chi connectivity index (χ4n) is 1.23. The van der Waals surface area contributed by atoms with Gasteiger partial charge in [-0.1, -0.05) is 11.6 Å². The summed E-state index contributed by atoms with van der Waals surface area (Å²) in [6.45, 7) is 2.57. The maximum absolute atomic E-state index is 13.0. The molecule has 1 aromatic carbocycles. The van der Waals surface area contributed by atoms with E-state index >= 15 is 0 Å². The first-order chi connectivity index (χ1) is 8.10. The molecule has 0 saturated carbocycles. The van der Waals surface area contributed by atoms with Crippen LogP contribution in [-0.4, -0.2) is 14.8 Å². The lowest BCUT2D eigenvalue weighted by Gasteiger charge is -2.05. The first-order valence-electron chi connectivity index (χ1n) is 4.83. The standard InChI is InChI=1S/C10H8ClFIN3O/c1-2-16-10(14-9(13)15-16)17-6-3-4-8(12)7(11)5-6/h3-5H,2H2,1H3. The molecule has 0 atom stereocenters. The van der Waals surface area contributed by atoms with Crippen LogP contribution in [-0.2, 0) is 6.54 Å². The molecule has 0 radical (unpaired) electrons. The zero-order chi connectivity index (χ0) is 12.4. The van der Waals surface area contributed by atoms with Crippen LogP contribution >= 0.6 is 34.2 Å². The third kappa shape index (κ3) is 2.86. The summed E-state index contributed by atoms with van der Waals surface area (Å²) in [4.78, 5) is 4.11. The van der Waals surface area contributed by atoms with Crippen molar-refractivity contribution >= 4 is 34.2 Å². The molecule has 1 aromatic heterocycles. The van der Waals surface area contributed by atoms with Crippen molar-refractivity contribution in [1.82, 2.24) is 14.8 Å². The number of aryl methyl sites for hydroxylation is 1. The van der Waals surface area contributed by atoms with Gasteiger partial charge in [0, 0.05) is 35.2 Å². The molecule has 0 aliphatic carbocycles. The van der Waals surface area contributed by atoms with E-state index in [0.29, 0.717) is 22.1 Å². The van der Waals surface area contributed by atoms with Crippen LogP contribution in [0, 0.1) is 9.65 Å². The van der Waals surface area contributed by atoms with Gasteiger partial charge < -0.3 is 4.74 Å². The Labute approximate surface area is 116 Å². The van der Waals surface area contributed by atoms with E-state index in [9.17, 15) is 4.39 Å². The smallest absolute Gasteiger partial charge is 0.321 e. The highest BCUT2D eigenvalue weighted by Crippen LogP contribution is 2.25. The van der Waals surface area contributed by atoms with Crippen molar-refractivity contribution in [3.05, 3.63) is 32.9 Å². The molecular weight excluding hydrogens is 359 g/mol. The normalized spacial score (nSPS) is 10.6. The average molecular weight is 368 g/mol. The molecular formula is C10H8ClFIN3O. The fraction of sp³-hybridized carbons (Fsp3) is 0.200. The van der Waals surface area contributed by atoms with Crippen LogP contribution in [0.3, 0.4) is 0 Å². The predicted octanol–water partition coefficient (Wildman–Crippen LogP) is 3.49. The first kappa shape index (κ1) is 12.6. The molecule has 0 aliphatic rings. The molecule has 4 nitrogen and oxygen atoms in total. The average Bonchev–Trinajstić information content (AvgIpc) is 2.64. The predicted molar refractivity (Wildman–Crippen MR) is 69.9 cm³/mol. The molecule has 0 fully saturated rings. The molecule has 7 heteroatoms. The second-order valence-corrected chi connectivity index (χ2v) is 4.53. The Kier molecular flexibility index (Phi) is 3.82. The quantitative estimate of drug-likeness (QED) is 0.780. The molecule has 0 aliphatic heterocycles. The Morgan fingerprint density at radius 2 is 2.29 bits per heavy atom. The lowest BCUT2D eigenvalue weighted by Crippen LogP contribution is -2.00. The number of rotatable bonds is 3. The molecule has 2 rings (SSSR count). The van der Waals surface area contributed by atoms with Crippen LogP contribution in [0.1, 0.15) is 6.92 Å². The Balaban J connectivity index is 2.27. The Morgan fingerprint density at radius 1 is 1.53 bits per heavy atom. The van der Waals surface area contributed by atoms with Gasteiger partial charge in [0.2, 0.25) is 3.83 Å². The topological polar surface area (TPSA) is 39.9 Å². The molecule has 0 unspecified atom stereocenters. The molecule has 0 spiro atoms. The van der Waals surface area contributed by atoms with Crippen LogP contribution in [0.2, 0.25) is 5.02 Å². The number of benzene rings is 1. The van der Waals surface area contributed by atoms with Gasteiger partial charge in [0.25, 0.3) is 0 Å². The molecule has 0 amide bonds. The molecule has 90 valence electrons. The zero-order valence-corrected chi connectivity index (χ0v) is 11.7. The molecule has 17 heavy (non-hydrogen) atoms. The highest BCUT2D eigenvalue weighted by molar-refractivity contribution is 14.1. The molecule has 0 N–H and O–H groups in total. The molecule has 0 bridgehead atoms. The van der Waals surface area contributed by atoms with E-state index in [0.717, 1.165) is 0 Å². The minimum Gasteiger partial charge on any atom is -0.424 e. The van der Waals surface area contributed by atoms with Gasteiger partial charge in [-0.25, -0.2) is 9.07 Å². The lowest BCUT2D eigenvalue weighted by atomic mass is 10.3. The van der Waals surface area contributed by atoms with Crippen molar-refractivity contribution in [2.45, 2.75) is 13.5 Å². The van der Waals surface area contributed by atoms with Gasteiger partial charge in [0.05, 0.1) is 5.02 Å². The van der Waals surface area contributed by atoms with Crippen LogP contribution in [0.25, 0.3) is 0 Å². The van der Waals surface area contributed by atoms with Crippen molar-refractivity contribution in [3.63, 3.8) is 0 Å².